The van der Waals surface area contributed by atoms with Crippen LogP contribution in [0.5, 0.6) is 0 Å². The first-order valence-corrected chi connectivity index (χ1v) is 6.04. The first kappa shape index (κ1) is 11.9. The number of amides is 1. The smallest absolute Gasteiger partial charge is 0.240 e. The number of hydrogen-bond acceptors (Lipinski definition) is 2. The fourth-order valence-electron chi connectivity index (χ4n) is 2.40. The molecule has 1 fully saturated rings. The monoisotopic (exact) mass is 233 g/mol. The van der Waals surface area contributed by atoms with Crippen molar-refractivity contribution < 1.29 is 4.79 Å². The molecular formula is C13H19N3O. The lowest BCUT2D eigenvalue weighted by Crippen LogP contribution is -2.43. The third-order valence-electron chi connectivity index (χ3n) is 3.25. The Hall–Kier alpha value is -1.55. The molecule has 0 spiro atoms. The molecule has 1 aromatic heterocycles. The molecular weight excluding hydrogens is 214 g/mol. The molecule has 0 saturated carbocycles. The largest absolute Gasteiger partial charge is 0.363 e. The number of aromatic amines is 1. The minimum absolute atomic E-state index is 0.0296. The summed E-state index contributed by atoms with van der Waals surface area (Å²) in [6.45, 7) is 4.42. The summed E-state index contributed by atoms with van der Waals surface area (Å²) in [5.74, 6) is 0.0296. The van der Waals surface area contributed by atoms with E-state index in [0.29, 0.717) is 6.42 Å². The number of likely N-dealkylation sites (tertiary alicyclic amines) is 1. The highest BCUT2D eigenvalue weighted by Gasteiger charge is 2.32. The summed E-state index contributed by atoms with van der Waals surface area (Å²) in [6.07, 6.45) is 6.17. The van der Waals surface area contributed by atoms with Gasteiger partial charge in [-0.3, -0.25) is 4.79 Å². The number of rotatable bonds is 4. The molecule has 0 radical (unpaired) electrons. The van der Waals surface area contributed by atoms with E-state index in [4.69, 9.17) is 5.73 Å². The van der Waals surface area contributed by atoms with Crippen LogP contribution in [0.4, 0.5) is 0 Å². The Balaban J connectivity index is 2.09. The van der Waals surface area contributed by atoms with Crippen molar-refractivity contribution in [1.29, 1.82) is 0 Å². The second-order valence-corrected chi connectivity index (χ2v) is 4.45. The van der Waals surface area contributed by atoms with Crippen molar-refractivity contribution in [2.45, 2.75) is 31.3 Å². The van der Waals surface area contributed by atoms with E-state index in [-0.39, 0.29) is 11.9 Å². The molecule has 1 aromatic rings. The summed E-state index contributed by atoms with van der Waals surface area (Å²) in [6, 6.07) is 3.69. The molecule has 1 aliphatic heterocycles. The molecule has 2 rings (SSSR count). The van der Waals surface area contributed by atoms with Gasteiger partial charge in [-0.15, -0.1) is 6.58 Å². The highest BCUT2D eigenvalue weighted by Crippen LogP contribution is 2.31. The topological polar surface area (TPSA) is 62.1 Å². The van der Waals surface area contributed by atoms with Crippen LogP contribution in [0.3, 0.4) is 0 Å². The molecule has 2 heterocycles. The summed E-state index contributed by atoms with van der Waals surface area (Å²) >= 11 is 0. The van der Waals surface area contributed by atoms with Gasteiger partial charge in [0.1, 0.15) is 0 Å². The van der Waals surface area contributed by atoms with Gasteiger partial charge in [-0.05, 0) is 31.4 Å². The zero-order chi connectivity index (χ0) is 12.3. The average Bonchev–Trinajstić information content (AvgIpc) is 2.98. The lowest BCUT2D eigenvalue weighted by Gasteiger charge is -2.26. The standard InChI is InChI=1S/C13H19N3O/c1-2-5-10(14)13(17)16-9-4-7-12(16)11-6-3-8-15-11/h2-3,6,8,10,12,15H,1,4-5,7,9,14H2. The van der Waals surface area contributed by atoms with Gasteiger partial charge < -0.3 is 15.6 Å². The van der Waals surface area contributed by atoms with E-state index in [9.17, 15) is 4.79 Å². The number of nitrogens with one attached hydrogen (secondary N) is 1. The molecule has 0 aromatic carbocycles. The Morgan fingerprint density at radius 2 is 2.59 bits per heavy atom. The zero-order valence-corrected chi connectivity index (χ0v) is 9.93. The van der Waals surface area contributed by atoms with Gasteiger partial charge in [0.25, 0.3) is 0 Å². The lowest BCUT2D eigenvalue weighted by molar-refractivity contribution is -0.133. The zero-order valence-electron chi connectivity index (χ0n) is 9.93. The van der Waals surface area contributed by atoms with Crippen molar-refractivity contribution in [3.8, 4) is 0 Å². The van der Waals surface area contributed by atoms with Crippen LogP contribution in [0, 0.1) is 0 Å². The predicted molar refractivity (Wildman–Crippen MR) is 67.3 cm³/mol. The molecule has 0 aliphatic carbocycles. The molecule has 17 heavy (non-hydrogen) atoms. The Bertz CT molecular complexity index is 385. The van der Waals surface area contributed by atoms with Crippen molar-refractivity contribution in [3.05, 3.63) is 36.7 Å². The van der Waals surface area contributed by atoms with E-state index >= 15 is 0 Å². The number of carbonyl (C=O) groups is 1. The molecule has 4 heteroatoms. The predicted octanol–water partition coefficient (Wildman–Crippen LogP) is 1.58. The van der Waals surface area contributed by atoms with Crippen molar-refractivity contribution in [1.82, 2.24) is 9.88 Å². The minimum atomic E-state index is -0.455. The number of nitrogens with two attached hydrogens (primary N) is 1. The van der Waals surface area contributed by atoms with Crippen LogP contribution < -0.4 is 5.73 Å². The van der Waals surface area contributed by atoms with Crippen LogP contribution in [0.25, 0.3) is 0 Å². The number of aromatic nitrogens is 1. The van der Waals surface area contributed by atoms with E-state index in [2.05, 4.69) is 11.6 Å². The molecule has 1 amide bonds. The summed E-state index contributed by atoms with van der Waals surface area (Å²) in [5.41, 5.74) is 6.95. The third kappa shape index (κ3) is 2.42. The van der Waals surface area contributed by atoms with Gasteiger partial charge in [0, 0.05) is 18.4 Å². The maximum Gasteiger partial charge on any atom is 0.240 e. The first-order chi connectivity index (χ1) is 8.24. The van der Waals surface area contributed by atoms with Crippen molar-refractivity contribution >= 4 is 5.91 Å². The van der Waals surface area contributed by atoms with Crippen LogP contribution in [0.15, 0.2) is 31.0 Å². The van der Waals surface area contributed by atoms with Crippen LogP contribution in [0.2, 0.25) is 0 Å². The van der Waals surface area contributed by atoms with Gasteiger partial charge >= 0.3 is 0 Å². The molecule has 2 unspecified atom stereocenters. The number of hydrogen-bond donors (Lipinski definition) is 2. The van der Waals surface area contributed by atoms with Gasteiger partial charge in [-0.2, -0.15) is 0 Å². The van der Waals surface area contributed by atoms with Crippen molar-refractivity contribution in [2.24, 2.45) is 5.73 Å². The van der Waals surface area contributed by atoms with Crippen LogP contribution in [-0.4, -0.2) is 28.4 Å². The molecule has 92 valence electrons. The quantitative estimate of drug-likeness (QED) is 0.776. The summed E-state index contributed by atoms with van der Waals surface area (Å²) < 4.78 is 0. The maximum atomic E-state index is 12.2. The van der Waals surface area contributed by atoms with Crippen LogP contribution in [0.1, 0.15) is 31.0 Å². The third-order valence-corrected chi connectivity index (χ3v) is 3.25. The fourth-order valence-corrected chi connectivity index (χ4v) is 2.40. The minimum Gasteiger partial charge on any atom is -0.363 e. The molecule has 4 nitrogen and oxygen atoms in total. The van der Waals surface area contributed by atoms with Crippen LogP contribution >= 0.6 is 0 Å². The normalized spacial score (nSPS) is 21.5. The highest BCUT2D eigenvalue weighted by molar-refractivity contribution is 5.82. The second kappa shape index (κ2) is 5.19. The summed E-state index contributed by atoms with van der Waals surface area (Å²) in [7, 11) is 0. The van der Waals surface area contributed by atoms with Gasteiger partial charge in [0.15, 0.2) is 0 Å². The van der Waals surface area contributed by atoms with Gasteiger partial charge in [-0.1, -0.05) is 6.08 Å². The molecule has 2 atom stereocenters. The van der Waals surface area contributed by atoms with E-state index in [0.717, 1.165) is 25.1 Å². The maximum absolute atomic E-state index is 12.2. The lowest BCUT2D eigenvalue weighted by atomic mass is 10.1. The van der Waals surface area contributed by atoms with Gasteiger partial charge in [0.05, 0.1) is 12.1 Å². The van der Waals surface area contributed by atoms with E-state index in [1.54, 1.807) is 6.08 Å². The Labute approximate surface area is 101 Å². The Morgan fingerprint density at radius 3 is 3.24 bits per heavy atom. The van der Waals surface area contributed by atoms with Crippen LogP contribution in [-0.2, 0) is 4.79 Å². The van der Waals surface area contributed by atoms with Gasteiger partial charge in [-0.25, -0.2) is 0 Å². The SMILES string of the molecule is C=CCC(N)C(=O)N1CCCC1c1ccc[nH]1. The molecule has 0 bridgehead atoms. The summed E-state index contributed by atoms with van der Waals surface area (Å²) in [4.78, 5) is 17.2. The molecule has 1 saturated heterocycles. The first-order valence-electron chi connectivity index (χ1n) is 6.04. The Morgan fingerprint density at radius 1 is 1.76 bits per heavy atom. The molecule has 1 aliphatic rings. The number of H-pyrrole nitrogens is 1. The van der Waals surface area contributed by atoms with Gasteiger partial charge in [0.2, 0.25) is 5.91 Å². The van der Waals surface area contributed by atoms with E-state index in [1.807, 2.05) is 23.2 Å². The summed E-state index contributed by atoms with van der Waals surface area (Å²) in [5, 5.41) is 0. The Kier molecular flexibility index (Phi) is 3.64. The average molecular weight is 233 g/mol. The number of nitrogens with zero attached hydrogens (tertiary/aromatic N) is 1. The molecule has 3 N–H and O–H groups in total. The van der Waals surface area contributed by atoms with Crippen molar-refractivity contribution in [3.63, 3.8) is 0 Å². The fraction of sp³-hybridized carbons (Fsp3) is 0.462. The van der Waals surface area contributed by atoms with E-state index < -0.39 is 6.04 Å². The number of carbonyl (C=O) groups excluding carboxylic acids is 1. The van der Waals surface area contributed by atoms with Crippen molar-refractivity contribution in [2.75, 3.05) is 6.54 Å². The highest BCUT2D eigenvalue weighted by atomic mass is 16.2. The second-order valence-electron chi connectivity index (χ2n) is 4.45. The van der Waals surface area contributed by atoms with E-state index in [1.165, 1.54) is 0 Å².